The Morgan fingerprint density at radius 3 is 3.20 bits per heavy atom. The molecule has 0 N–H and O–H groups in total. The molecule has 1 fully saturated rings. The summed E-state index contributed by atoms with van der Waals surface area (Å²) in [6.45, 7) is 10.4. The first-order valence-electron chi connectivity index (χ1n) is 3.20. The topological polar surface area (TPSA) is 16.9 Å². The average Bonchev–Trinajstić information content (AvgIpc) is 2.55. The third-order valence-electron chi connectivity index (χ3n) is 2.06. The van der Waals surface area contributed by atoms with Crippen LogP contribution in [0.1, 0.15) is 6.42 Å². The molecule has 0 bridgehead atoms. The molecule has 10 heavy (non-hydrogen) atoms. The van der Waals surface area contributed by atoms with Gasteiger partial charge in [-0.05, 0) is 0 Å². The molecule has 1 heterocycles. The second kappa shape index (κ2) is 1.50. The Balaban J connectivity index is 2.23. The summed E-state index contributed by atoms with van der Waals surface area (Å²) in [5.41, 5.74) is 0.649. The largest absolute Gasteiger partial charge is 0.360 e. The zero-order valence-electron chi connectivity index (χ0n) is 5.50. The van der Waals surface area contributed by atoms with E-state index in [4.69, 9.17) is 11.3 Å². The van der Waals surface area contributed by atoms with Gasteiger partial charge in [0.15, 0.2) is 5.70 Å². The molecule has 0 radical (unpaired) electrons. The maximum atomic E-state index is 6.74. The van der Waals surface area contributed by atoms with Gasteiger partial charge in [0.1, 0.15) is 5.60 Å². The van der Waals surface area contributed by atoms with Gasteiger partial charge in [0, 0.05) is 6.42 Å². The predicted molar refractivity (Wildman–Crippen MR) is 37.1 cm³/mol. The van der Waals surface area contributed by atoms with Crippen molar-refractivity contribution in [1.29, 1.82) is 0 Å². The second-order valence-corrected chi connectivity index (χ2v) is 2.64. The number of fused-ring (bicyclic) bond motifs is 1. The summed E-state index contributed by atoms with van der Waals surface area (Å²) in [4.78, 5) is 3.34. The first kappa shape index (κ1) is 5.70. The Morgan fingerprint density at radius 2 is 2.80 bits per heavy atom. The maximum absolute atomic E-state index is 6.74. The van der Waals surface area contributed by atoms with Crippen molar-refractivity contribution in [1.82, 2.24) is 0 Å². The van der Waals surface area contributed by atoms with Crippen molar-refractivity contribution in [3.05, 3.63) is 35.8 Å². The van der Waals surface area contributed by atoms with E-state index in [0.29, 0.717) is 0 Å². The average molecular weight is 133 g/mol. The van der Waals surface area contributed by atoms with Crippen molar-refractivity contribution in [2.45, 2.75) is 18.1 Å². The molecular weight excluding hydrogens is 126 g/mol. The maximum Gasteiger partial charge on any atom is 0.167 e. The van der Waals surface area contributed by atoms with Crippen LogP contribution in [-0.4, -0.2) is 11.7 Å². The molecule has 0 amide bonds. The van der Waals surface area contributed by atoms with Crippen LogP contribution >= 0.6 is 0 Å². The third-order valence-corrected chi connectivity index (χ3v) is 2.06. The molecule has 0 aromatic rings. The fraction of sp³-hybridized carbons (Fsp3) is 0.375. The Kier molecular flexibility index (Phi) is 0.855. The van der Waals surface area contributed by atoms with Crippen molar-refractivity contribution < 1.29 is 4.74 Å². The third kappa shape index (κ3) is 0.507. The molecule has 0 aromatic carbocycles. The molecule has 2 heteroatoms. The van der Waals surface area contributed by atoms with E-state index in [-0.39, 0.29) is 11.7 Å². The lowest BCUT2D eigenvalue weighted by molar-refractivity contribution is 0.331. The van der Waals surface area contributed by atoms with Crippen LogP contribution in [0.2, 0.25) is 0 Å². The van der Waals surface area contributed by atoms with Crippen molar-refractivity contribution in [2.75, 3.05) is 0 Å². The van der Waals surface area contributed by atoms with Gasteiger partial charge in [0.2, 0.25) is 0 Å². The number of hydrogen-bond donors (Lipinski definition) is 0. The number of hydrogen-bond acceptors (Lipinski definition) is 1. The molecule has 0 saturated carbocycles. The Bertz CT molecular complexity index is 261. The lowest BCUT2D eigenvalue weighted by Gasteiger charge is -1.98. The lowest BCUT2D eigenvalue weighted by Crippen LogP contribution is -2.04. The van der Waals surface area contributed by atoms with Gasteiger partial charge in [0.05, 0.1) is 12.7 Å². The van der Waals surface area contributed by atoms with E-state index in [9.17, 15) is 0 Å². The highest BCUT2D eigenvalue weighted by molar-refractivity contribution is 5.37. The SMILES string of the molecule is [C-]#[N+]C1=CC2OC2(C=C)C1. The molecule has 0 spiro atoms. The van der Waals surface area contributed by atoms with Gasteiger partial charge >= 0.3 is 0 Å². The van der Waals surface area contributed by atoms with Crippen LogP contribution < -0.4 is 0 Å². The minimum Gasteiger partial charge on any atom is -0.360 e. The normalized spacial score (nSPS) is 41.5. The van der Waals surface area contributed by atoms with Crippen LogP contribution in [0.25, 0.3) is 4.85 Å². The zero-order chi connectivity index (χ0) is 7.19. The molecule has 2 atom stereocenters. The Morgan fingerprint density at radius 1 is 2.00 bits per heavy atom. The molecule has 1 aliphatic heterocycles. The molecule has 0 aromatic heterocycles. The van der Waals surface area contributed by atoms with E-state index in [1.807, 2.05) is 6.08 Å². The van der Waals surface area contributed by atoms with Gasteiger partial charge in [-0.1, -0.05) is 12.2 Å². The highest BCUT2D eigenvalue weighted by atomic mass is 16.6. The summed E-state index contributed by atoms with van der Waals surface area (Å²) < 4.78 is 5.28. The van der Waals surface area contributed by atoms with Gasteiger partial charge in [-0.3, -0.25) is 0 Å². The molecule has 1 saturated heterocycles. The fourth-order valence-electron chi connectivity index (χ4n) is 1.35. The van der Waals surface area contributed by atoms with Crippen LogP contribution in [0, 0.1) is 6.57 Å². The van der Waals surface area contributed by atoms with Crippen molar-refractivity contribution in [2.24, 2.45) is 0 Å². The van der Waals surface area contributed by atoms with Gasteiger partial charge in [-0.15, -0.1) is 6.58 Å². The van der Waals surface area contributed by atoms with E-state index < -0.39 is 0 Å². The molecule has 50 valence electrons. The van der Waals surface area contributed by atoms with Gasteiger partial charge in [-0.2, -0.15) is 0 Å². The van der Waals surface area contributed by atoms with E-state index in [1.165, 1.54) is 0 Å². The summed E-state index contributed by atoms with van der Waals surface area (Å²) >= 11 is 0. The number of nitrogens with zero attached hydrogens (tertiary/aromatic N) is 1. The van der Waals surface area contributed by atoms with Gasteiger partial charge in [-0.25, -0.2) is 4.85 Å². The second-order valence-electron chi connectivity index (χ2n) is 2.64. The monoisotopic (exact) mass is 133 g/mol. The smallest absolute Gasteiger partial charge is 0.167 e. The Labute approximate surface area is 59.6 Å². The van der Waals surface area contributed by atoms with E-state index in [2.05, 4.69) is 11.4 Å². The van der Waals surface area contributed by atoms with Crippen LogP contribution in [-0.2, 0) is 4.74 Å². The summed E-state index contributed by atoms with van der Waals surface area (Å²) in [5, 5.41) is 0. The summed E-state index contributed by atoms with van der Waals surface area (Å²) in [5.74, 6) is 0. The van der Waals surface area contributed by atoms with Crippen LogP contribution in [0.3, 0.4) is 0 Å². The fourth-order valence-corrected chi connectivity index (χ4v) is 1.35. The highest BCUT2D eigenvalue weighted by Gasteiger charge is 2.56. The first-order valence-corrected chi connectivity index (χ1v) is 3.20. The lowest BCUT2D eigenvalue weighted by atomic mass is 10.1. The first-order chi connectivity index (χ1) is 4.80. The number of rotatable bonds is 1. The van der Waals surface area contributed by atoms with Crippen molar-refractivity contribution >= 4 is 0 Å². The van der Waals surface area contributed by atoms with Gasteiger partial charge < -0.3 is 4.74 Å². The Hall–Kier alpha value is -1.07. The van der Waals surface area contributed by atoms with Crippen LogP contribution in [0.4, 0.5) is 0 Å². The minimum atomic E-state index is -0.167. The number of ether oxygens (including phenoxy) is 1. The molecule has 1 aliphatic carbocycles. The van der Waals surface area contributed by atoms with Crippen molar-refractivity contribution in [3.63, 3.8) is 0 Å². The number of epoxide rings is 1. The molecule has 2 nitrogen and oxygen atoms in total. The molecule has 2 aliphatic rings. The molecule has 2 unspecified atom stereocenters. The van der Waals surface area contributed by atoms with Crippen LogP contribution in [0.15, 0.2) is 24.4 Å². The van der Waals surface area contributed by atoms with Gasteiger partial charge in [0.25, 0.3) is 0 Å². The zero-order valence-corrected chi connectivity index (χ0v) is 5.50. The van der Waals surface area contributed by atoms with E-state index >= 15 is 0 Å². The molecular formula is C8H7NO. The van der Waals surface area contributed by atoms with Crippen molar-refractivity contribution in [3.8, 4) is 0 Å². The minimum absolute atomic E-state index is 0.161. The van der Waals surface area contributed by atoms with E-state index in [0.717, 1.165) is 12.1 Å². The predicted octanol–water partition coefficient (Wildman–Crippen LogP) is 1.52. The summed E-state index contributed by atoms with van der Waals surface area (Å²) in [6.07, 6.45) is 4.57. The summed E-state index contributed by atoms with van der Waals surface area (Å²) in [7, 11) is 0. The highest BCUT2D eigenvalue weighted by Crippen LogP contribution is 2.49. The quantitative estimate of drug-likeness (QED) is 0.301. The summed E-state index contributed by atoms with van der Waals surface area (Å²) in [6, 6.07) is 0. The molecule has 2 rings (SSSR count). The van der Waals surface area contributed by atoms with Crippen LogP contribution in [0.5, 0.6) is 0 Å². The standard InChI is InChI=1S/C8H7NO/c1-3-8-5-6(9-2)4-7(8)10-8/h3-4,7H,1,5H2. The van der Waals surface area contributed by atoms with E-state index in [1.54, 1.807) is 6.08 Å².